The quantitative estimate of drug-likeness (QED) is 0.818. The smallest absolute Gasteiger partial charge is 0.303 e. The number of aliphatic imine (C=N–C) groups is 2. The summed E-state index contributed by atoms with van der Waals surface area (Å²) in [5, 5.41) is 18.8. The summed E-state index contributed by atoms with van der Waals surface area (Å²) in [7, 11) is 0. The normalized spacial score (nSPS) is 15.8. The van der Waals surface area contributed by atoms with Crippen LogP contribution >= 0.6 is 23.6 Å². The Hall–Kier alpha value is -1.80. The Balaban J connectivity index is 2.21. The number of allylic oxidation sites excluding steroid dienone is 1. The number of carbonyl (C=O) groups is 1. The van der Waals surface area contributed by atoms with Crippen LogP contribution in [0.15, 0.2) is 15.7 Å². The molecule has 0 aromatic carbocycles. The second-order valence-electron chi connectivity index (χ2n) is 4.19. The summed E-state index contributed by atoms with van der Waals surface area (Å²) in [6.45, 7) is 2.21. The SMILES string of the molecule is CC1=NC=N/C1=C/c1sc(=S)n(CCCC(=O)O)c1O. The molecule has 0 saturated heterocycles. The standard InChI is InChI=1S/C12H13N3O3S2/c1-7-8(14-6-13-7)5-9-11(18)15(12(19)20-9)4-2-3-10(16)17/h5-6,18H,2-4H2,1H3,(H,16,17)/b8-5+. The van der Waals surface area contributed by atoms with Gasteiger partial charge in [0.15, 0.2) is 3.95 Å². The topological polar surface area (TPSA) is 87.2 Å². The number of aromatic hydroxyl groups is 1. The van der Waals surface area contributed by atoms with Crippen LogP contribution in [-0.4, -0.2) is 32.8 Å². The molecule has 6 nitrogen and oxygen atoms in total. The van der Waals surface area contributed by atoms with Crippen LogP contribution in [0.5, 0.6) is 5.88 Å². The molecule has 1 aromatic rings. The highest BCUT2D eigenvalue weighted by Crippen LogP contribution is 2.29. The molecule has 0 fully saturated rings. The van der Waals surface area contributed by atoms with E-state index < -0.39 is 5.97 Å². The zero-order valence-corrected chi connectivity index (χ0v) is 12.4. The fourth-order valence-electron chi connectivity index (χ4n) is 1.70. The fourth-order valence-corrected chi connectivity index (χ4v) is 2.99. The number of aromatic nitrogens is 1. The number of nitrogens with zero attached hydrogens (tertiary/aromatic N) is 3. The highest BCUT2D eigenvalue weighted by Gasteiger charge is 2.13. The van der Waals surface area contributed by atoms with E-state index in [-0.39, 0.29) is 12.3 Å². The van der Waals surface area contributed by atoms with E-state index in [1.165, 1.54) is 17.7 Å². The summed E-state index contributed by atoms with van der Waals surface area (Å²) < 4.78 is 2.05. The summed E-state index contributed by atoms with van der Waals surface area (Å²) in [6.07, 6.45) is 3.65. The number of carboxylic acids is 1. The lowest BCUT2D eigenvalue weighted by atomic mass is 10.3. The number of aliphatic carboxylic acids is 1. The van der Waals surface area contributed by atoms with E-state index in [9.17, 15) is 9.90 Å². The van der Waals surface area contributed by atoms with Crippen molar-refractivity contribution < 1.29 is 15.0 Å². The van der Waals surface area contributed by atoms with Crippen LogP contribution in [0.4, 0.5) is 0 Å². The van der Waals surface area contributed by atoms with Gasteiger partial charge in [-0.05, 0) is 31.6 Å². The molecule has 0 spiro atoms. The van der Waals surface area contributed by atoms with Gasteiger partial charge in [0.2, 0.25) is 5.88 Å². The third-order valence-corrected chi connectivity index (χ3v) is 4.14. The Labute approximate surface area is 124 Å². The molecule has 0 bridgehead atoms. The zero-order chi connectivity index (χ0) is 14.7. The Morgan fingerprint density at radius 3 is 2.95 bits per heavy atom. The van der Waals surface area contributed by atoms with Gasteiger partial charge in [-0.3, -0.25) is 9.36 Å². The molecule has 1 aromatic heterocycles. The van der Waals surface area contributed by atoms with Crippen molar-refractivity contribution in [3.63, 3.8) is 0 Å². The maximum absolute atomic E-state index is 10.5. The molecule has 0 atom stereocenters. The summed E-state index contributed by atoms with van der Waals surface area (Å²) in [4.78, 5) is 19.2. The molecule has 2 heterocycles. The molecule has 8 heteroatoms. The minimum absolute atomic E-state index is 0.0452. The number of carboxylic acid groups (broad SMARTS) is 1. The highest BCUT2D eigenvalue weighted by molar-refractivity contribution is 7.73. The number of thiazole rings is 1. The predicted molar refractivity (Wildman–Crippen MR) is 81.3 cm³/mol. The van der Waals surface area contributed by atoms with Crippen LogP contribution in [0, 0.1) is 3.95 Å². The third-order valence-electron chi connectivity index (χ3n) is 2.75. The van der Waals surface area contributed by atoms with Gasteiger partial charge in [-0.15, -0.1) is 11.3 Å². The molecular formula is C12H13N3O3S2. The largest absolute Gasteiger partial charge is 0.493 e. The molecule has 0 aliphatic carbocycles. The molecule has 0 radical (unpaired) electrons. The highest BCUT2D eigenvalue weighted by atomic mass is 32.1. The maximum Gasteiger partial charge on any atom is 0.303 e. The average Bonchev–Trinajstić information content (AvgIpc) is 2.88. The van der Waals surface area contributed by atoms with E-state index in [1.807, 2.05) is 6.92 Å². The van der Waals surface area contributed by atoms with Crippen LogP contribution in [0.2, 0.25) is 0 Å². The van der Waals surface area contributed by atoms with E-state index in [0.717, 1.165) is 5.71 Å². The predicted octanol–water partition coefficient (Wildman–Crippen LogP) is 2.69. The second kappa shape index (κ2) is 6.10. The van der Waals surface area contributed by atoms with Crippen molar-refractivity contribution in [2.75, 3.05) is 0 Å². The van der Waals surface area contributed by atoms with Crippen LogP contribution < -0.4 is 0 Å². The van der Waals surface area contributed by atoms with Gasteiger partial charge in [-0.25, -0.2) is 9.98 Å². The summed E-state index contributed by atoms with van der Waals surface area (Å²) in [5.74, 6) is -0.812. The van der Waals surface area contributed by atoms with E-state index in [2.05, 4.69) is 9.98 Å². The minimum Gasteiger partial charge on any atom is -0.493 e. The van der Waals surface area contributed by atoms with Crippen molar-refractivity contribution in [1.29, 1.82) is 0 Å². The number of hydrogen-bond acceptors (Lipinski definition) is 6. The Morgan fingerprint density at radius 2 is 2.35 bits per heavy atom. The van der Waals surface area contributed by atoms with E-state index >= 15 is 0 Å². The van der Waals surface area contributed by atoms with Gasteiger partial charge in [-0.2, -0.15) is 0 Å². The molecule has 0 amide bonds. The summed E-state index contributed by atoms with van der Waals surface area (Å²) in [6, 6.07) is 0. The maximum atomic E-state index is 10.5. The van der Waals surface area contributed by atoms with E-state index in [4.69, 9.17) is 17.3 Å². The van der Waals surface area contributed by atoms with Gasteiger partial charge >= 0.3 is 5.97 Å². The lowest BCUT2D eigenvalue weighted by molar-refractivity contribution is -0.137. The first-order chi connectivity index (χ1) is 9.49. The first kappa shape index (κ1) is 14.6. The molecule has 0 saturated carbocycles. The van der Waals surface area contributed by atoms with E-state index in [1.54, 1.807) is 10.6 Å². The van der Waals surface area contributed by atoms with Crippen molar-refractivity contribution in [3.8, 4) is 5.88 Å². The third kappa shape index (κ3) is 3.20. The molecule has 1 aliphatic rings. The molecule has 2 N–H and O–H groups in total. The lowest BCUT2D eigenvalue weighted by Crippen LogP contribution is -2.01. The Bertz CT molecular complexity index is 683. The van der Waals surface area contributed by atoms with Gasteiger partial charge < -0.3 is 10.2 Å². The van der Waals surface area contributed by atoms with Crippen LogP contribution in [0.25, 0.3) is 6.08 Å². The molecule has 2 rings (SSSR count). The Morgan fingerprint density at radius 1 is 1.60 bits per heavy atom. The summed E-state index contributed by atoms with van der Waals surface area (Å²) in [5.41, 5.74) is 1.47. The average molecular weight is 311 g/mol. The molecule has 20 heavy (non-hydrogen) atoms. The monoisotopic (exact) mass is 311 g/mol. The van der Waals surface area contributed by atoms with Crippen molar-refractivity contribution in [2.24, 2.45) is 9.98 Å². The van der Waals surface area contributed by atoms with Gasteiger partial charge in [0.05, 0.1) is 16.3 Å². The minimum atomic E-state index is -0.860. The molecule has 0 unspecified atom stereocenters. The van der Waals surface area contributed by atoms with Crippen molar-refractivity contribution in [1.82, 2.24) is 4.57 Å². The second-order valence-corrected chi connectivity index (χ2v) is 5.87. The van der Waals surface area contributed by atoms with Crippen LogP contribution in [-0.2, 0) is 11.3 Å². The van der Waals surface area contributed by atoms with Gasteiger partial charge in [0, 0.05) is 13.0 Å². The molecular weight excluding hydrogens is 298 g/mol. The fraction of sp³-hybridized carbons (Fsp3) is 0.333. The number of rotatable bonds is 5. The lowest BCUT2D eigenvalue weighted by Gasteiger charge is -2.03. The van der Waals surface area contributed by atoms with E-state index in [0.29, 0.717) is 27.5 Å². The van der Waals surface area contributed by atoms with Crippen molar-refractivity contribution >= 4 is 47.7 Å². The Kier molecular flexibility index (Phi) is 4.46. The van der Waals surface area contributed by atoms with Crippen LogP contribution in [0.1, 0.15) is 24.6 Å². The number of hydrogen-bond donors (Lipinski definition) is 2. The van der Waals surface area contributed by atoms with Crippen molar-refractivity contribution in [2.45, 2.75) is 26.3 Å². The first-order valence-electron chi connectivity index (χ1n) is 5.92. The first-order valence-corrected chi connectivity index (χ1v) is 7.15. The zero-order valence-electron chi connectivity index (χ0n) is 10.7. The van der Waals surface area contributed by atoms with Crippen molar-refractivity contribution in [3.05, 3.63) is 14.5 Å². The summed E-state index contributed by atoms with van der Waals surface area (Å²) >= 11 is 6.45. The van der Waals surface area contributed by atoms with Gasteiger partial charge in [0.25, 0.3) is 0 Å². The van der Waals surface area contributed by atoms with Gasteiger partial charge in [-0.1, -0.05) is 0 Å². The van der Waals surface area contributed by atoms with Gasteiger partial charge in [0.1, 0.15) is 6.34 Å². The molecule has 1 aliphatic heterocycles. The van der Waals surface area contributed by atoms with Crippen LogP contribution in [0.3, 0.4) is 0 Å². The molecule has 106 valence electrons.